The Morgan fingerprint density at radius 1 is 0.300 bits per heavy atom. The largest absolute Gasteiger partial charge is 0.394 e. The summed E-state index contributed by atoms with van der Waals surface area (Å²) in [5.74, 6) is -3.00. The van der Waals surface area contributed by atoms with Crippen LogP contribution in [0.1, 0.15) is 34.6 Å². The molecule has 0 aliphatic carbocycles. The average Bonchev–Trinajstić information content (AvgIpc) is 0.820. The number of hydrogen-bond donors (Lipinski definition) is 22. The molecular formula is C51H86N4O35. The molecule has 35 atom stereocenters. The summed E-state index contributed by atoms with van der Waals surface area (Å²) < 4.78 is 75.9. The van der Waals surface area contributed by atoms with Gasteiger partial charge in [-0.05, 0) is 6.92 Å². The molecule has 0 radical (unpaired) electrons. The predicted molar refractivity (Wildman–Crippen MR) is 282 cm³/mol. The molecule has 39 nitrogen and oxygen atoms in total. The first-order valence-electron chi connectivity index (χ1n) is 28.9. The van der Waals surface area contributed by atoms with E-state index in [2.05, 4.69) is 21.3 Å². The fourth-order valence-corrected chi connectivity index (χ4v) is 11.8. The van der Waals surface area contributed by atoms with Crippen molar-refractivity contribution >= 4 is 23.6 Å². The van der Waals surface area contributed by atoms with Crippen LogP contribution < -0.4 is 21.3 Å². The van der Waals surface area contributed by atoms with E-state index in [0.717, 1.165) is 20.8 Å². The number of rotatable bonds is 23. The first-order chi connectivity index (χ1) is 42.5. The maximum atomic E-state index is 12.8. The van der Waals surface area contributed by atoms with Crippen LogP contribution >= 0.6 is 0 Å². The topological polar surface area (TPSA) is 601 Å². The van der Waals surface area contributed by atoms with E-state index >= 15 is 0 Å². The van der Waals surface area contributed by atoms with Gasteiger partial charge in [0.2, 0.25) is 23.6 Å². The molecular weight excluding hydrogens is 1230 g/mol. The van der Waals surface area contributed by atoms with E-state index in [-0.39, 0.29) is 0 Å². The lowest BCUT2D eigenvalue weighted by atomic mass is 9.93. The number of carbonyl (C=O) groups excluding carboxylic acids is 4. The zero-order valence-electron chi connectivity index (χ0n) is 49.1. The molecule has 0 spiro atoms. The summed E-state index contributed by atoms with van der Waals surface area (Å²) in [5.41, 5.74) is 0. The van der Waals surface area contributed by atoms with E-state index in [4.69, 9.17) is 61.6 Å². The van der Waals surface area contributed by atoms with E-state index in [1.807, 2.05) is 0 Å². The van der Waals surface area contributed by atoms with Gasteiger partial charge in [-0.1, -0.05) is 0 Å². The van der Waals surface area contributed by atoms with Crippen molar-refractivity contribution < 1.29 is 173 Å². The van der Waals surface area contributed by atoms with Crippen molar-refractivity contribution in [2.45, 2.75) is 249 Å². The Labute approximate surface area is 512 Å². The predicted octanol–water partition coefficient (Wildman–Crippen LogP) is -14.6. The lowest BCUT2D eigenvalue weighted by molar-refractivity contribution is -0.386. The molecule has 520 valence electrons. The van der Waals surface area contributed by atoms with E-state index in [1.54, 1.807) is 0 Å². The normalized spacial score (nSPS) is 47.6. The maximum Gasteiger partial charge on any atom is 0.217 e. The molecule has 0 aromatic carbocycles. The first-order valence-corrected chi connectivity index (χ1v) is 28.9. The van der Waals surface area contributed by atoms with Gasteiger partial charge in [0.25, 0.3) is 0 Å². The Balaban J connectivity index is 1.06. The molecule has 0 bridgehead atoms. The van der Waals surface area contributed by atoms with Gasteiger partial charge in [-0.2, -0.15) is 0 Å². The molecule has 39 heteroatoms. The molecule has 90 heavy (non-hydrogen) atoms. The van der Waals surface area contributed by atoms with E-state index in [0.29, 0.717) is 0 Å². The van der Waals surface area contributed by atoms with Gasteiger partial charge < -0.3 is 175 Å². The Bertz CT molecular complexity index is 2310. The maximum absolute atomic E-state index is 12.8. The fourth-order valence-electron chi connectivity index (χ4n) is 11.8. The van der Waals surface area contributed by atoms with Gasteiger partial charge >= 0.3 is 0 Å². The highest BCUT2D eigenvalue weighted by Gasteiger charge is 2.59. The van der Waals surface area contributed by atoms with Crippen LogP contribution in [0.3, 0.4) is 0 Å². The molecule has 14 unspecified atom stereocenters. The van der Waals surface area contributed by atoms with Crippen LogP contribution in [0.5, 0.6) is 0 Å². The molecule has 22 N–H and O–H groups in total. The molecule has 7 fully saturated rings. The lowest BCUT2D eigenvalue weighted by Gasteiger charge is -2.51. The second-order valence-electron chi connectivity index (χ2n) is 22.9. The van der Waals surface area contributed by atoms with Crippen molar-refractivity contribution in [1.82, 2.24) is 21.3 Å². The second kappa shape index (κ2) is 32.4. The van der Waals surface area contributed by atoms with Gasteiger partial charge in [-0.25, -0.2) is 0 Å². The molecule has 4 amide bonds. The van der Waals surface area contributed by atoms with Crippen LogP contribution in [0.25, 0.3) is 0 Å². The minimum Gasteiger partial charge on any atom is -0.394 e. The van der Waals surface area contributed by atoms with Crippen LogP contribution in [0.15, 0.2) is 0 Å². The number of carbonyl (C=O) groups is 4. The molecule has 7 aliphatic heterocycles. The SMILES string of the molecule is CC(=O)NC1[C@H](O[C@@H]2C(O)[C@H](O[C@@H]3C(CO)O[C@@H](O[C@@H]4C(O)[C@H](O[C@@H]5C(CO)O[C@@H](OCC6O[C@@H](C)C(NC(C)=O)[C@@H](O)[C@H]6O)C(NC(C)=O)[C@H]5O)OC(CO)[C@@H]4O)C(NC(C)=O)[C@H]3O)OC(CO)[C@@H]2O)OC(CO)[C@@H](O[C@@H]2OC(CO)[C@H](O)[C@H](O)C2O)[C@@H]1O. The third-order valence-electron chi connectivity index (χ3n) is 16.4. The number of aliphatic hydroxyl groups excluding tert-OH is 18. The summed E-state index contributed by atoms with van der Waals surface area (Å²) in [7, 11) is 0. The summed E-state index contributed by atoms with van der Waals surface area (Å²) in [4.78, 5) is 49.6. The Hall–Kier alpha value is -3.36. The van der Waals surface area contributed by atoms with Crippen molar-refractivity contribution in [3.63, 3.8) is 0 Å². The molecule has 0 aromatic rings. The summed E-state index contributed by atoms with van der Waals surface area (Å²) >= 11 is 0. The fraction of sp³-hybridized carbons (Fsp3) is 0.922. The van der Waals surface area contributed by atoms with Crippen LogP contribution in [-0.2, 0) is 80.8 Å². The zero-order valence-corrected chi connectivity index (χ0v) is 49.1. The molecule has 7 heterocycles. The van der Waals surface area contributed by atoms with E-state index < -0.39 is 284 Å². The van der Waals surface area contributed by atoms with Gasteiger partial charge in [-0.3, -0.25) is 19.2 Å². The Kier molecular flexibility index (Phi) is 26.6. The monoisotopic (exact) mass is 1310 g/mol. The van der Waals surface area contributed by atoms with E-state index in [9.17, 15) is 111 Å². The van der Waals surface area contributed by atoms with Crippen LogP contribution in [0.2, 0.25) is 0 Å². The highest BCUT2D eigenvalue weighted by atomic mass is 16.8. The first kappa shape index (κ1) is 74.0. The minimum absolute atomic E-state index is 0.513. The summed E-state index contributed by atoms with van der Waals surface area (Å²) in [5, 5.41) is 207. The molecule has 7 saturated heterocycles. The number of ether oxygens (including phenoxy) is 13. The van der Waals surface area contributed by atoms with Gasteiger partial charge in [0, 0.05) is 27.7 Å². The third-order valence-corrected chi connectivity index (χ3v) is 16.4. The number of nitrogens with one attached hydrogen (secondary N) is 4. The number of amides is 4. The van der Waals surface area contributed by atoms with Crippen LogP contribution in [0.4, 0.5) is 0 Å². The van der Waals surface area contributed by atoms with Gasteiger partial charge in [0.1, 0.15) is 165 Å². The molecule has 0 aromatic heterocycles. The standard InChI is InChI=1S/C51H86N4O35/c1-13-25(52-14(2)62)33(70)30(67)24(79-13)12-78-46-26(53-15(3)63)34(71)41(21(9-59)83-46)87-50-39(76)44(31(68)19(7-57)81-50)90-48-28(55-17(5)65)36(73)43(23(11-61)85-48)88-51-40(77)45(32(69)20(8-58)82-51)89-47-27(54-16(4)64)35(72)42(22(10-60)84-47)86-49-38(75)37(74)29(66)18(6-56)80-49/h13,18-51,56-61,66-77H,6-12H2,1-5H3,(H,52,62)(H,53,63)(H,54,64)(H,55,65)/t13-,18?,19?,20?,21?,22?,23?,24?,25?,26?,27?,28?,29-,30-,31-,32-,33+,34+,35+,36+,37-,38?,39?,40?,41+,42+,43+,44-,45-,46+,47-,48-,49-,50-,51-/m0/s1. The second-order valence-corrected chi connectivity index (χ2v) is 22.9. The summed E-state index contributed by atoms with van der Waals surface area (Å²) in [6.45, 7) is -0.835. The highest BCUT2D eigenvalue weighted by molar-refractivity contribution is 5.74. The van der Waals surface area contributed by atoms with Crippen LogP contribution in [-0.4, -0.2) is 376 Å². The molecule has 7 aliphatic rings. The van der Waals surface area contributed by atoms with E-state index in [1.165, 1.54) is 13.8 Å². The van der Waals surface area contributed by atoms with Crippen molar-refractivity contribution in [2.75, 3.05) is 46.2 Å². The average molecular weight is 1320 g/mol. The third kappa shape index (κ3) is 16.5. The van der Waals surface area contributed by atoms with Crippen molar-refractivity contribution in [2.24, 2.45) is 0 Å². The van der Waals surface area contributed by atoms with Crippen LogP contribution in [0, 0.1) is 0 Å². The Morgan fingerprint density at radius 2 is 0.589 bits per heavy atom. The Morgan fingerprint density at radius 3 is 0.944 bits per heavy atom. The minimum atomic E-state index is -2.25. The van der Waals surface area contributed by atoms with Crippen molar-refractivity contribution in [3.8, 4) is 0 Å². The molecule has 7 rings (SSSR count). The van der Waals surface area contributed by atoms with Crippen molar-refractivity contribution in [3.05, 3.63) is 0 Å². The zero-order chi connectivity index (χ0) is 66.5. The lowest BCUT2D eigenvalue weighted by Crippen LogP contribution is -2.71. The van der Waals surface area contributed by atoms with Gasteiger partial charge in [-0.15, -0.1) is 0 Å². The van der Waals surface area contributed by atoms with Crippen molar-refractivity contribution in [1.29, 1.82) is 0 Å². The summed E-state index contributed by atoms with van der Waals surface area (Å²) in [6.07, 6.45) is -57.1. The van der Waals surface area contributed by atoms with Gasteiger partial charge in [0.05, 0.1) is 58.4 Å². The van der Waals surface area contributed by atoms with Gasteiger partial charge in [0.15, 0.2) is 37.7 Å². The number of aliphatic hydroxyl groups is 18. The quantitative estimate of drug-likeness (QED) is 0.0452. The molecule has 0 saturated carbocycles. The smallest absolute Gasteiger partial charge is 0.217 e. The number of hydrogen-bond acceptors (Lipinski definition) is 35. The summed E-state index contributed by atoms with van der Waals surface area (Å²) in [6, 6.07) is -6.21. The highest BCUT2D eigenvalue weighted by Crippen LogP contribution is 2.38.